The van der Waals surface area contributed by atoms with Crippen LogP contribution in [0.3, 0.4) is 0 Å². The molecule has 27 heavy (non-hydrogen) atoms. The first-order valence-electron chi connectivity index (χ1n) is 8.46. The third kappa shape index (κ3) is 5.13. The van der Waals surface area contributed by atoms with Crippen molar-refractivity contribution in [1.82, 2.24) is 10.6 Å². The Morgan fingerprint density at radius 3 is 2.30 bits per heavy atom. The summed E-state index contributed by atoms with van der Waals surface area (Å²) in [6, 6.07) is 6.95. The van der Waals surface area contributed by atoms with E-state index in [4.69, 9.17) is 4.74 Å². The van der Waals surface area contributed by atoms with Gasteiger partial charge in [0.2, 0.25) is 5.91 Å². The molecule has 0 heterocycles. The molecule has 7 heteroatoms. The highest BCUT2D eigenvalue weighted by atomic mass is 16.6. The molecule has 2 aromatic carbocycles. The van der Waals surface area contributed by atoms with E-state index in [0.717, 1.165) is 0 Å². The molecule has 0 unspecified atom stereocenters. The third-order valence-corrected chi connectivity index (χ3v) is 3.74. The van der Waals surface area contributed by atoms with Crippen molar-refractivity contribution in [2.75, 3.05) is 6.54 Å². The molecule has 0 saturated heterocycles. The van der Waals surface area contributed by atoms with Crippen molar-refractivity contribution < 1.29 is 24.5 Å². The minimum absolute atomic E-state index is 0.0123. The monoisotopic (exact) mass is 372 g/mol. The van der Waals surface area contributed by atoms with Crippen LogP contribution in [-0.2, 0) is 9.53 Å². The lowest BCUT2D eigenvalue weighted by Crippen LogP contribution is -2.38. The lowest BCUT2D eigenvalue weighted by molar-refractivity contribution is -0.119. The van der Waals surface area contributed by atoms with Gasteiger partial charge in [-0.3, -0.25) is 4.79 Å². The molecule has 0 aliphatic rings. The van der Waals surface area contributed by atoms with E-state index in [0.29, 0.717) is 21.9 Å². The van der Waals surface area contributed by atoms with Gasteiger partial charge in [0.05, 0.1) is 0 Å². The van der Waals surface area contributed by atoms with Crippen molar-refractivity contribution in [3.05, 3.63) is 41.6 Å². The van der Waals surface area contributed by atoms with Gasteiger partial charge in [-0.05, 0) is 33.8 Å². The number of ether oxygens (including phenoxy) is 1. The first-order chi connectivity index (χ1) is 12.6. The quantitative estimate of drug-likeness (QED) is 0.617. The Labute approximate surface area is 157 Å². The number of amides is 2. The maximum Gasteiger partial charge on any atom is 0.408 e. The second-order valence-electron chi connectivity index (χ2n) is 7.04. The van der Waals surface area contributed by atoms with Crippen LogP contribution in [0.2, 0.25) is 0 Å². The summed E-state index contributed by atoms with van der Waals surface area (Å²) in [7, 11) is 0. The Kier molecular flexibility index (Phi) is 5.95. The van der Waals surface area contributed by atoms with E-state index in [1.54, 1.807) is 52.0 Å². The van der Waals surface area contributed by atoms with E-state index in [-0.39, 0.29) is 18.0 Å². The van der Waals surface area contributed by atoms with Crippen molar-refractivity contribution in [2.24, 2.45) is 0 Å². The van der Waals surface area contributed by atoms with E-state index >= 15 is 0 Å². The van der Waals surface area contributed by atoms with Crippen LogP contribution in [0.15, 0.2) is 30.5 Å². The number of fused-ring (bicyclic) bond motifs is 1. The molecule has 7 nitrogen and oxygen atoms in total. The number of carbonyl (C=O) groups excluding carboxylic acids is 2. The number of phenolic OH excluding ortho intramolecular Hbond substituents is 2. The van der Waals surface area contributed by atoms with Crippen LogP contribution in [0.4, 0.5) is 4.79 Å². The molecule has 144 valence electrons. The van der Waals surface area contributed by atoms with E-state index in [1.165, 1.54) is 12.3 Å². The highest BCUT2D eigenvalue weighted by Gasteiger charge is 2.16. The van der Waals surface area contributed by atoms with Gasteiger partial charge in [-0.25, -0.2) is 4.79 Å². The van der Waals surface area contributed by atoms with Crippen LogP contribution in [-0.4, -0.2) is 34.4 Å². The minimum atomic E-state index is -0.686. The molecule has 0 fully saturated rings. The number of rotatable bonds is 4. The number of carbonyl (C=O) groups is 2. The lowest BCUT2D eigenvalue weighted by Gasteiger charge is -2.19. The molecule has 0 saturated carbocycles. The van der Waals surface area contributed by atoms with Crippen LogP contribution < -0.4 is 10.6 Å². The first kappa shape index (κ1) is 20.1. The molecule has 2 amide bonds. The number of benzene rings is 2. The predicted octanol–water partition coefficient (Wildman–Crippen LogP) is 3.17. The number of hydrogen-bond acceptors (Lipinski definition) is 5. The zero-order valence-corrected chi connectivity index (χ0v) is 15.8. The summed E-state index contributed by atoms with van der Waals surface area (Å²) in [5.74, 6) is -0.376. The fourth-order valence-corrected chi connectivity index (χ4v) is 2.49. The summed E-state index contributed by atoms with van der Waals surface area (Å²) in [6.07, 6.45) is 2.15. The second-order valence-corrected chi connectivity index (χ2v) is 7.04. The number of nitrogens with one attached hydrogen (secondary N) is 2. The van der Waals surface area contributed by atoms with E-state index in [2.05, 4.69) is 10.6 Å². The highest BCUT2D eigenvalue weighted by molar-refractivity contribution is 5.97. The molecule has 0 aromatic heterocycles. The van der Waals surface area contributed by atoms with Crippen molar-refractivity contribution in [2.45, 2.75) is 33.3 Å². The fraction of sp³-hybridized carbons (Fsp3) is 0.300. The first-order valence-corrected chi connectivity index (χ1v) is 8.46. The van der Waals surface area contributed by atoms with E-state index < -0.39 is 17.6 Å². The van der Waals surface area contributed by atoms with Crippen molar-refractivity contribution >= 4 is 28.8 Å². The summed E-state index contributed by atoms with van der Waals surface area (Å²) in [5, 5.41) is 26.7. The van der Waals surface area contributed by atoms with E-state index in [9.17, 15) is 19.8 Å². The Morgan fingerprint density at radius 2 is 1.70 bits per heavy atom. The Hall–Kier alpha value is -3.22. The SMILES string of the molecule is Cc1c(C=CNC(=O)CNC(=O)OC(C)(C)C)c(O)c2ccccc2c1O. The zero-order valence-electron chi connectivity index (χ0n) is 15.8. The van der Waals surface area contributed by atoms with Crippen molar-refractivity contribution in [1.29, 1.82) is 0 Å². The fourth-order valence-electron chi connectivity index (χ4n) is 2.49. The summed E-state index contributed by atoms with van der Waals surface area (Å²) in [6.45, 7) is 6.59. The summed E-state index contributed by atoms with van der Waals surface area (Å²) >= 11 is 0. The van der Waals surface area contributed by atoms with Gasteiger partial charge >= 0.3 is 6.09 Å². The van der Waals surface area contributed by atoms with Crippen LogP contribution in [0, 0.1) is 6.92 Å². The molecule has 2 rings (SSSR count). The molecule has 0 radical (unpaired) electrons. The minimum Gasteiger partial charge on any atom is -0.507 e. The van der Waals surface area contributed by atoms with Crippen LogP contribution in [0.25, 0.3) is 16.8 Å². The normalized spacial score (nSPS) is 11.6. The standard InChI is InChI=1S/C20H24N2O5/c1-12-13(18(25)15-8-6-5-7-14(15)17(12)24)9-10-21-16(23)11-22-19(26)27-20(2,3)4/h5-10,24-25H,11H2,1-4H3,(H,21,23)(H,22,26). The van der Waals surface area contributed by atoms with Gasteiger partial charge in [0, 0.05) is 28.1 Å². The topological polar surface area (TPSA) is 108 Å². The Bertz CT molecular complexity index is 897. The van der Waals surface area contributed by atoms with Crippen molar-refractivity contribution in [3.8, 4) is 11.5 Å². The van der Waals surface area contributed by atoms with Gasteiger partial charge in [0.1, 0.15) is 23.6 Å². The second kappa shape index (κ2) is 7.99. The molecular weight excluding hydrogens is 348 g/mol. The number of phenols is 2. The predicted molar refractivity (Wildman–Crippen MR) is 103 cm³/mol. The van der Waals surface area contributed by atoms with Crippen LogP contribution in [0.1, 0.15) is 31.9 Å². The van der Waals surface area contributed by atoms with Gasteiger partial charge in [0.15, 0.2) is 0 Å². The summed E-state index contributed by atoms with van der Waals surface area (Å²) in [4.78, 5) is 23.3. The molecular formula is C20H24N2O5. The van der Waals surface area contributed by atoms with Gasteiger partial charge in [-0.1, -0.05) is 24.3 Å². The molecule has 0 bridgehead atoms. The highest BCUT2D eigenvalue weighted by Crippen LogP contribution is 2.39. The van der Waals surface area contributed by atoms with Crippen LogP contribution in [0.5, 0.6) is 11.5 Å². The van der Waals surface area contributed by atoms with Crippen LogP contribution >= 0.6 is 0 Å². The Morgan fingerprint density at radius 1 is 1.11 bits per heavy atom. The Balaban J connectivity index is 2.04. The molecule has 0 atom stereocenters. The van der Waals surface area contributed by atoms with Gasteiger partial charge in [0.25, 0.3) is 0 Å². The molecule has 0 spiro atoms. The number of hydrogen-bond donors (Lipinski definition) is 4. The third-order valence-electron chi connectivity index (χ3n) is 3.74. The molecule has 2 aromatic rings. The smallest absolute Gasteiger partial charge is 0.408 e. The zero-order chi connectivity index (χ0) is 20.2. The summed E-state index contributed by atoms with van der Waals surface area (Å²) in [5.41, 5.74) is 0.239. The summed E-state index contributed by atoms with van der Waals surface area (Å²) < 4.78 is 5.04. The van der Waals surface area contributed by atoms with Gasteiger partial charge in [-0.2, -0.15) is 0 Å². The average Bonchev–Trinajstić information content (AvgIpc) is 2.59. The largest absolute Gasteiger partial charge is 0.507 e. The van der Waals surface area contributed by atoms with Crippen molar-refractivity contribution in [3.63, 3.8) is 0 Å². The molecule has 0 aliphatic carbocycles. The van der Waals surface area contributed by atoms with Gasteiger partial charge in [-0.15, -0.1) is 0 Å². The molecule has 4 N–H and O–H groups in total. The maximum absolute atomic E-state index is 11.8. The average molecular weight is 372 g/mol. The maximum atomic E-state index is 11.8. The number of alkyl carbamates (subject to hydrolysis) is 1. The lowest BCUT2D eigenvalue weighted by atomic mass is 9.98. The molecule has 0 aliphatic heterocycles. The number of aromatic hydroxyl groups is 2. The van der Waals surface area contributed by atoms with Gasteiger partial charge < -0.3 is 25.6 Å². The van der Waals surface area contributed by atoms with E-state index in [1.807, 2.05) is 0 Å².